The van der Waals surface area contributed by atoms with Gasteiger partial charge in [0.2, 0.25) is 5.91 Å². The predicted molar refractivity (Wildman–Crippen MR) is 54.5 cm³/mol. The Morgan fingerprint density at radius 2 is 1.88 bits per heavy atom. The number of amides is 2. The molecule has 1 aliphatic rings. The van der Waals surface area contributed by atoms with E-state index in [1.807, 2.05) is 0 Å². The lowest BCUT2D eigenvalue weighted by molar-refractivity contribution is -0.130. The van der Waals surface area contributed by atoms with Gasteiger partial charge in [-0.2, -0.15) is 15.4 Å². The number of hydrogen-bond acceptors (Lipinski definition) is 4. The van der Waals surface area contributed by atoms with Crippen LogP contribution in [-0.2, 0) is 4.79 Å². The summed E-state index contributed by atoms with van der Waals surface area (Å²) in [5.41, 5.74) is 0.316. The molecule has 1 N–H and O–H groups in total. The number of piperazine rings is 1. The molecule has 2 amide bonds. The van der Waals surface area contributed by atoms with E-state index < -0.39 is 0 Å². The minimum absolute atomic E-state index is 0.0496. The zero-order valence-electron chi connectivity index (χ0n) is 9.01. The molecule has 0 saturated carbocycles. The third-order valence-corrected chi connectivity index (χ3v) is 2.65. The molecule has 0 aromatic carbocycles. The first-order valence-corrected chi connectivity index (χ1v) is 5.09. The number of rotatable bonds is 1. The number of carbonyl (C=O) groups is 2. The molecule has 1 aromatic rings. The van der Waals surface area contributed by atoms with Gasteiger partial charge < -0.3 is 9.80 Å². The summed E-state index contributed by atoms with van der Waals surface area (Å²) in [7, 11) is 0. The first-order valence-electron chi connectivity index (χ1n) is 5.09. The standard InChI is InChI=1S/C9H13N5O2/c1-7(15)13-2-4-14(5-3-13)9(16)8-6-10-12-11-8/h6H,2-5H2,1H3,(H,10,11,12). The van der Waals surface area contributed by atoms with Crippen molar-refractivity contribution in [2.75, 3.05) is 26.2 Å². The van der Waals surface area contributed by atoms with Crippen LogP contribution in [0.2, 0.25) is 0 Å². The molecule has 86 valence electrons. The van der Waals surface area contributed by atoms with Crippen LogP contribution >= 0.6 is 0 Å². The summed E-state index contributed by atoms with van der Waals surface area (Å²) in [4.78, 5) is 26.3. The highest BCUT2D eigenvalue weighted by Crippen LogP contribution is 2.05. The summed E-state index contributed by atoms with van der Waals surface area (Å²) in [6.45, 7) is 3.80. The van der Waals surface area contributed by atoms with Crippen molar-refractivity contribution in [1.82, 2.24) is 25.2 Å². The molecule has 0 atom stereocenters. The maximum absolute atomic E-state index is 11.8. The lowest BCUT2D eigenvalue weighted by atomic mass is 10.3. The van der Waals surface area contributed by atoms with Crippen LogP contribution in [-0.4, -0.2) is 63.2 Å². The van der Waals surface area contributed by atoms with Crippen LogP contribution in [0.3, 0.4) is 0 Å². The Morgan fingerprint density at radius 3 is 2.38 bits per heavy atom. The van der Waals surface area contributed by atoms with Crippen molar-refractivity contribution in [3.05, 3.63) is 11.9 Å². The van der Waals surface area contributed by atoms with E-state index in [1.54, 1.807) is 9.80 Å². The van der Waals surface area contributed by atoms with Crippen molar-refractivity contribution in [3.8, 4) is 0 Å². The van der Waals surface area contributed by atoms with E-state index in [0.717, 1.165) is 0 Å². The van der Waals surface area contributed by atoms with E-state index in [2.05, 4.69) is 15.4 Å². The number of nitrogens with one attached hydrogen (secondary N) is 1. The molecule has 1 fully saturated rings. The van der Waals surface area contributed by atoms with Gasteiger partial charge in [-0.3, -0.25) is 9.59 Å². The highest BCUT2D eigenvalue weighted by atomic mass is 16.2. The quantitative estimate of drug-likeness (QED) is 0.669. The smallest absolute Gasteiger partial charge is 0.276 e. The highest BCUT2D eigenvalue weighted by molar-refractivity contribution is 5.92. The second-order valence-corrected chi connectivity index (χ2v) is 3.65. The molecule has 2 heterocycles. The average Bonchev–Trinajstić information content (AvgIpc) is 2.81. The molecule has 1 aliphatic heterocycles. The molecular weight excluding hydrogens is 210 g/mol. The summed E-state index contributed by atoms with van der Waals surface area (Å²) in [5.74, 6) is -0.0921. The van der Waals surface area contributed by atoms with Gasteiger partial charge in [0, 0.05) is 33.1 Å². The molecular formula is C9H13N5O2. The summed E-state index contributed by atoms with van der Waals surface area (Å²) in [6.07, 6.45) is 1.40. The molecule has 2 rings (SSSR count). The Labute approximate surface area is 92.4 Å². The molecule has 0 unspecified atom stereocenters. The van der Waals surface area contributed by atoms with E-state index in [0.29, 0.717) is 31.9 Å². The molecule has 16 heavy (non-hydrogen) atoms. The lowest BCUT2D eigenvalue weighted by Crippen LogP contribution is -2.50. The molecule has 0 spiro atoms. The number of H-pyrrole nitrogens is 1. The van der Waals surface area contributed by atoms with Crippen molar-refractivity contribution < 1.29 is 9.59 Å². The largest absolute Gasteiger partial charge is 0.339 e. The summed E-state index contributed by atoms with van der Waals surface area (Å²) in [6, 6.07) is 0. The van der Waals surface area contributed by atoms with Crippen LogP contribution in [0.15, 0.2) is 6.20 Å². The third-order valence-electron chi connectivity index (χ3n) is 2.65. The Bertz CT molecular complexity index is 381. The molecule has 7 nitrogen and oxygen atoms in total. The van der Waals surface area contributed by atoms with Crippen LogP contribution < -0.4 is 0 Å². The summed E-state index contributed by atoms with van der Waals surface area (Å²) < 4.78 is 0. The fraction of sp³-hybridized carbons (Fsp3) is 0.556. The number of aromatic nitrogens is 3. The van der Waals surface area contributed by atoms with Gasteiger partial charge in [0.15, 0.2) is 5.69 Å². The van der Waals surface area contributed by atoms with Crippen molar-refractivity contribution in [1.29, 1.82) is 0 Å². The molecule has 0 bridgehead atoms. The van der Waals surface area contributed by atoms with Crippen molar-refractivity contribution >= 4 is 11.8 Å². The average molecular weight is 223 g/mol. The van der Waals surface area contributed by atoms with Crippen molar-refractivity contribution in [3.63, 3.8) is 0 Å². The number of hydrogen-bond donors (Lipinski definition) is 1. The van der Waals surface area contributed by atoms with Gasteiger partial charge >= 0.3 is 0 Å². The van der Waals surface area contributed by atoms with Crippen LogP contribution in [0, 0.1) is 0 Å². The van der Waals surface area contributed by atoms with Crippen LogP contribution in [0.1, 0.15) is 17.4 Å². The van der Waals surface area contributed by atoms with Crippen LogP contribution in [0.4, 0.5) is 0 Å². The fourth-order valence-corrected chi connectivity index (χ4v) is 1.69. The van der Waals surface area contributed by atoms with E-state index in [-0.39, 0.29) is 11.8 Å². The topological polar surface area (TPSA) is 82.2 Å². The van der Waals surface area contributed by atoms with Gasteiger partial charge in [-0.15, -0.1) is 0 Å². The van der Waals surface area contributed by atoms with Gasteiger partial charge in [-0.25, -0.2) is 0 Å². The zero-order valence-corrected chi connectivity index (χ0v) is 9.01. The van der Waals surface area contributed by atoms with Gasteiger partial charge in [0.1, 0.15) is 0 Å². The summed E-state index contributed by atoms with van der Waals surface area (Å²) in [5, 5.41) is 9.74. The van der Waals surface area contributed by atoms with Crippen molar-refractivity contribution in [2.24, 2.45) is 0 Å². The molecule has 1 saturated heterocycles. The zero-order chi connectivity index (χ0) is 11.5. The molecule has 0 radical (unpaired) electrons. The van der Waals surface area contributed by atoms with Gasteiger partial charge in [-0.05, 0) is 0 Å². The predicted octanol–water partition coefficient (Wildman–Crippen LogP) is -0.891. The van der Waals surface area contributed by atoms with Crippen LogP contribution in [0.5, 0.6) is 0 Å². The molecule has 1 aromatic heterocycles. The van der Waals surface area contributed by atoms with Crippen molar-refractivity contribution in [2.45, 2.75) is 6.92 Å². The molecule has 0 aliphatic carbocycles. The fourth-order valence-electron chi connectivity index (χ4n) is 1.69. The van der Waals surface area contributed by atoms with Gasteiger partial charge in [0.25, 0.3) is 5.91 Å². The maximum Gasteiger partial charge on any atom is 0.276 e. The Hall–Kier alpha value is -1.92. The second kappa shape index (κ2) is 4.30. The van der Waals surface area contributed by atoms with E-state index in [9.17, 15) is 9.59 Å². The minimum atomic E-state index is -0.142. The lowest BCUT2D eigenvalue weighted by Gasteiger charge is -2.33. The normalized spacial score (nSPS) is 16.3. The van der Waals surface area contributed by atoms with E-state index >= 15 is 0 Å². The summed E-state index contributed by atoms with van der Waals surface area (Å²) >= 11 is 0. The SMILES string of the molecule is CC(=O)N1CCN(C(=O)c2cn[nH]n2)CC1. The van der Waals surface area contributed by atoms with Crippen LogP contribution in [0.25, 0.3) is 0 Å². The van der Waals surface area contributed by atoms with E-state index in [4.69, 9.17) is 0 Å². The molecule has 7 heteroatoms. The van der Waals surface area contributed by atoms with Gasteiger partial charge in [-0.1, -0.05) is 0 Å². The monoisotopic (exact) mass is 223 g/mol. The Kier molecular flexibility index (Phi) is 2.84. The number of carbonyl (C=O) groups excluding carboxylic acids is 2. The Morgan fingerprint density at radius 1 is 1.25 bits per heavy atom. The van der Waals surface area contributed by atoms with Gasteiger partial charge in [0.05, 0.1) is 6.20 Å². The first-order chi connectivity index (χ1) is 7.68. The number of nitrogens with zero attached hydrogens (tertiary/aromatic N) is 4. The number of aromatic amines is 1. The van der Waals surface area contributed by atoms with E-state index in [1.165, 1.54) is 13.1 Å². The first kappa shape index (κ1) is 10.6. The highest BCUT2D eigenvalue weighted by Gasteiger charge is 2.24. The Balaban J connectivity index is 1.94. The maximum atomic E-state index is 11.8. The second-order valence-electron chi connectivity index (χ2n) is 3.65. The minimum Gasteiger partial charge on any atom is -0.339 e. The third kappa shape index (κ3) is 2.02.